The molecule has 1 fully saturated rings. The molecule has 0 aromatic heterocycles. The van der Waals surface area contributed by atoms with Crippen molar-refractivity contribution in [1.82, 2.24) is 4.31 Å². The molecule has 0 aliphatic carbocycles. The zero-order chi connectivity index (χ0) is 22.4. The molecule has 0 saturated carbocycles. The van der Waals surface area contributed by atoms with Gasteiger partial charge in [0.25, 0.3) is 5.91 Å². The summed E-state index contributed by atoms with van der Waals surface area (Å²) in [5.41, 5.74) is -0.699. The van der Waals surface area contributed by atoms with Gasteiger partial charge in [0, 0.05) is 13.1 Å². The van der Waals surface area contributed by atoms with Crippen LogP contribution in [0, 0.1) is 11.6 Å². The first-order valence-corrected chi connectivity index (χ1v) is 11.2. The third-order valence-electron chi connectivity index (χ3n) is 4.83. The number of ether oxygens (including phenoxy) is 1. The highest BCUT2D eigenvalue weighted by Gasteiger charge is 2.26. The van der Waals surface area contributed by atoms with Gasteiger partial charge < -0.3 is 10.1 Å². The molecule has 166 valence electrons. The lowest BCUT2D eigenvalue weighted by atomic mass is 10.2. The van der Waals surface area contributed by atoms with Crippen molar-refractivity contribution in [1.29, 1.82) is 0 Å². The summed E-state index contributed by atoms with van der Waals surface area (Å²) < 4.78 is 59.2. The van der Waals surface area contributed by atoms with E-state index in [1.54, 1.807) is 0 Å². The molecule has 0 unspecified atom stereocenters. The maximum Gasteiger partial charge on any atom is 0.338 e. The molecule has 0 radical (unpaired) electrons. The largest absolute Gasteiger partial charge is 0.452 e. The minimum absolute atomic E-state index is 0.0401. The topological polar surface area (TPSA) is 92.8 Å². The van der Waals surface area contributed by atoms with Crippen LogP contribution in [0.2, 0.25) is 0 Å². The SMILES string of the molecule is O=C(COC(=O)c1cccc(S(=O)(=O)N2CCCCCC2)c1)Nc1c(F)cccc1F. The zero-order valence-electron chi connectivity index (χ0n) is 16.6. The smallest absolute Gasteiger partial charge is 0.338 e. The number of esters is 1. The molecule has 2 aromatic rings. The van der Waals surface area contributed by atoms with Gasteiger partial charge in [-0.25, -0.2) is 22.0 Å². The average molecular weight is 452 g/mol. The fraction of sp³-hybridized carbons (Fsp3) is 0.333. The maximum absolute atomic E-state index is 13.6. The van der Waals surface area contributed by atoms with Crippen LogP contribution in [0.1, 0.15) is 36.0 Å². The molecule has 0 bridgehead atoms. The zero-order valence-corrected chi connectivity index (χ0v) is 17.5. The molecule has 3 rings (SSSR count). The van der Waals surface area contributed by atoms with Gasteiger partial charge in [-0.15, -0.1) is 0 Å². The van der Waals surface area contributed by atoms with Crippen LogP contribution in [0.3, 0.4) is 0 Å². The van der Waals surface area contributed by atoms with Gasteiger partial charge in [0.2, 0.25) is 10.0 Å². The third-order valence-corrected chi connectivity index (χ3v) is 6.73. The fourth-order valence-corrected chi connectivity index (χ4v) is 4.79. The highest BCUT2D eigenvalue weighted by Crippen LogP contribution is 2.22. The normalized spacial score (nSPS) is 15.2. The standard InChI is InChI=1S/C21H22F2N2O5S/c22-17-9-6-10-18(23)20(17)24-19(26)14-30-21(27)15-7-5-8-16(13-15)31(28,29)25-11-3-1-2-4-12-25/h5-10,13H,1-4,11-12,14H2,(H,24,26). The van der Waals surface area contributed by atoms with E-state index < -0.39 is 45.8 Å². The van der Waals surface area contributed by atoms with Crippen LogP contribution in [0.25, 0.3) is 0 Å². The number of rotatable bonds is 6. The molecule has 1 saturated heterocycles. The number of halogens is 2. The second-order valence-corrected chi connectivity index (χ2v) is 9.01. The first-order valence-electron chi connectivity index (χ1n) is 9.80. The Morgan fingerprint density at radius 2 is 1.58 bits per heavy atom. The fourth-order valence-electron chi connectivity index (χ4n) is 3.22. The highest BCUT2D eigenvalue weighted by atomic mass is 32.2. The Kier molecular flexibility index (Phi) is 7.34. The van der Waals surface area contributed by atoms with Crippen molar-refractivity contribution in [3.63, 3.8) is 0 Å². The van der Waals surface area contributed by atoms with Crippen molar-refractivity contribution in [2.24, 2.45) is 0 Å². The van der Waals surface area contributed by atoms with Gasteiger partial charge in [0.1, 0.15) is 17.3 Å². The molecule has 0 spiro atoms. The van der Waals surface area contributed by atoms with Gasteiger partial charge in [0.15, 0.2) is 6.61 Å². The van der Waals surface area contributed by atoms with E-state index in [0.29, 0.717) is 13.1 Å². The summed E-state index contributed by atoms with van der Waals surface area (Å²) in [6, 6.07) is 8.45. The van der Waals surface area contributed by atoms with Gasteiger partial charge in [-0.2, -0.15) is 4.31 Å². The quantitative estimate of drug-likeness (QED) is 0.679. The Morgan fingerprint density at radius 1 is 0.968 bits per heavy atom. The number of amides is 1. The number of carbonyl (C=O) groups excluding carboxylic acids is 2. The van der Waals surface area contributed by atoms with Crippen molar-refractivity contribution in [2.75, 3.05) is 25.0 Å². The van der Waals surface area contributed by atoms with E-state index >= 15 is 0 Å². The summed E-state index contributed by atoms with van der Waals surface area (Å²) in [7, 11) is -3.76. The van der Waals surface area contributed by atoms with Gasteiger partial charge in [-0.3, -0.25) is 4.79 Å². The maximum atomic E-state index is 13.6. The number of para-hydroxylation sites is 1. The van der Waals surface area contributed by atoms with Crippen LogP contribution in [0.5, 0.6) is 0 Å². The van der Waals surface area contributed by atoms with Crippen LogP contribution in [0.15, 0.2) is 47.4 Å². The van der Waals surface area contributed by atoms with Gasteiger partial charge >= 0.3 is 5.97 Å². The summed E-state index contributed by atoms with van der Waals surface area (Å²) >= 11 is 0. The van der Waals surface area contributed by atoms with E-state index in [4.69, 9.17) is 4.74 Å². The van der Waals surface area contributed by atoms with Crippen molar-refractivity contribution in [2.45, 2.75) is 30.6 Å². The predicted molar refractivity (Wildman–Crippen MR) is 109 cm³/mol. The number of carbonyl (C=O) groups is 2. The first-order chi connectivity index (χ1) is 14.8. The first kappa shape index (κ1) is 22.8. The number of hydrogen-bond acceptors (Lipinski definition) is 5. The summed E-state index contributed by atoms with van der Waals surface area (Å²) in [5, 5.41) is 2.00. The van der Waals surface area contributed by atoms with Crippen LogP contribution < -0.4 is 5.32 Å². The molecule has 1 amide bonds. The summed E-state index contributed by atoms with van der Waals surface area (Å²) in [6.07, 6.45) is 3.49. The van der Waals surface area contributed by atoms with Gasteiger partial charge in [0.05, 0.1) is 10.5 Å². The number of nitrogens with one attached hydrogen (secondary N) is 1. The molecule has 0 atom stereocenters. The van der Waals surface area contributed by atoms with E-state index in [0.717, 1.165) is 43.9 Å². The van der Waals surface area contributed by atoms with Crippen molar-refractivity contribution in [3.05, 3.63) is 59.7 Å². The lowest BCUT2D eigenvalue weighted by molar-refractivity contribution is -0.119. The molecule has 10 heteroatoms. The van der Waals surface area contributed by atoms with E-state index in [1.807, 2.05) is 5.32 Å². The number of benzene rings is 2. The monoisotopic (exact) mass is 452 g/mol. The molecule has 1 aliphatic rings. The summed E-state index contributed by atoms with van der Waals surface area (Å²) in [6.45, 7) is 0.0449. The molecule has 1 aliphatic heterocycles. The minimum Gasteiger partial charge on any atom is -0.452 e. The lowest BCUT2D eigenvalue weighted by Gasteiger charge is -2.20. The van der Waals surface area contributed by atoms with E-state index in [1.165, 1.54) is 28.6 Å². The molecule has 1 heterocycles. The van der Waals surface area contributed by atoms with Crippen LogP contribution in [-0.2, 0) is 19.6 Å². The minimum atomic E-state index is -3.76. The second kappa shape index (κ2) is 9.97. The average Bonchev–Trinajstić information content (AvgIpc) is 3.05. The Balaban J connectivity index is 1.65. The summed E-state index contributed by atoms with van der Waals surface area (Å²) in [4.78, 5) is 24.1. The molecular formula is C21H22F2N2O5S. The number of nitrogens with zero attached hydrogens (tertiary/aromatic N) is 1. The Labute approximate surface area is 179 Å². The van der Waals surface area contributed by atoms with Crippen molar-refractivity contribution in [3.8, 4) is 0 Å². The molecule has 7 nitrogen and oxygen atoms in total. The number of anilines is 1. The van der Waals surface area contributed by atoms with E-state index in [-0.39, 0.29) is 10.5 Å². The molecular weight excluding hydrogens is 430 g/mol. The predicted octanol–water partition coefficient (Wildman–Crippen LogP) is 3.33. The van der Waals surface area contributed by atoms with Gasteiger partial charge in [-0.1, -0.05) is 25.0 Å². The Morgan fingerprint density at radius 3 is 2.23 bits per heavy atom. The highest BCUT2D eigenvalue weighted by molar-refractivity contribution is 7.89. The number of hydrogen-bond donors (Lipinski definition) is 1. The Bertz CT molecular complexity index is 1050. The second-order valence-electron chi connectivity index (χ2n) is 7.07. The van der Waals surface area contributed by atoms with Crippen LogP contribution in [0.4, 0.5) is 14.5 Å². The third kappa shape index (κ3) is 5.65. The van der Waals surface area contributed by atoms with Crippen LogP contribution in [-0.4, -0.2) is 44.3 Å². The van der Waals surface area contributed by atoms with Crippen LogP contribution >= 0.6 is 0 Å². The van der Waals surface area contributed by atoms with Crippen molar-refractivity contribution < 1.29 is 31.5 Å². The summed E-state index contributed by atoms with van der Waals surface area (Å²) in [5.74, 6) is -3.81. The van der Waals surface area contributed by atoms with E-state index in [9.17, 15) is 26.8 Å². The molecule has 31 heavy (non-hydrogen) atoms. The lowest BCUT2D eigenvalue weighted by Crippen LogP contribution is -2.32. The molecule has 1 N–H and O–H groups in total. The molecule has 2 aromatic carbocycles. The van der Waals surface area contributed by atoms with Gasteiger partial charge in [-0.05, 0) is 43.2 Å². The van der Waals surface area contributed by atoms with Crippen molar-refractivity contribution >= 4 is 27.6 Å². The Hall–Kier alpha value is -2.85. The number of sulfonamides is 1. The van der Waals surface area contributed by atoms with E-state index in [2.05, 4.69) is 0 Å².